The van der Waals surface area contributed by atoms with Crippen molar-refractivity contribution in [3.63, 3.8) is 0 Å². The summed E-state index contributed by atoms with van der Waals surface area (Å²) in [6.45, 7) is 3.94. The standard InChI is InChI=1S/C13H22O3S/c1-9-2-3-11(13(14)15)12(8-9)17-10-4-6-16-7-5-10/h9-12H,2-8H2,1H3,(H,14,15). The van der Waals surface area contributed by atoms with Crippen molar-refractivity contribution in [3.05, 3.63) is 0 Å². The summed E-state index contributed by atoms with van der Waals surface area (Å²) in [5.41, 5.74) is 0. The Morgan fingerprint density at radius 2 is 1.94 bits per heavy atom. The van der Waals surface area contributed by atoms with E-state index in [1.165, 1.54) is 0 Å². The molecule has 0 radical (unpaired) electrons. The quantitative estimate of drug-likeness (QED) is 0.845. The fourth-order valence-electron chi connectivity index (χ4n) is 2.82. The fourth-order valence-corrected chi connectivity index (χ4v) is 4.66. The first-order chi connectivity index (χ1) is 8.16. The van der Waals surface area contributed by atoms with Crippen LogP contribution < -0.4 is 0 Å². The summed E-state index contributed by atoms with van der Waals surface area (Å²) in [6, 6.07) is 0. The maximum atomic E-state index is 11.3. The SMILES string of the molecule is CC1CCC(C(=O)O)C(SC2CCOCC2)C1. The van der Waals surface area contributed by atoms with Crippen molar-refractivity contribution in [3.8, 4) is 0 Å². The first kappa shape index (κ1) is 13.2. The summed E-state index contributed by atoms with van der Waals surface area (Å²) in [6.07, 6.45) is 5.17. The van der Waals surface area contributed by atoms with E-state index in [2.05, 4.69) is 6.92 Å². The van der Waals surface area contributed by atoms with E-state index in [4.69, 9.17) is 4.74 Å². The third-order valence-corrected chi connectivity index (χ3v) is 5.63. The fraction of sp³-hybridized carbons (Fsp3) is 0.923. The van der Waals surface area contributed by atoms with Gasteiger partial charge in [0.2, 0.25) is 0 Å². The first-order valence-electron chi connectivity index (χ1n) is 6.63. The van der Waals surface area contributed by atoms with Crippen LogP contribution in [0.2, 0.25) is 0 Å². The largest absolute Gasteiger partial charge is 0.481 e. The third-order valence-electron chi connectivity index (χ3n) is 3.91. The van der Waals surface area contributed by atoms with Gasteiger partial charge in [0.05, 0.1) is 5.92 Å². The van der Waals surface area contributed by atoms with Gasteiger partial charge in [-0.25, -0.2) is 0 Å². The number of carbonyl (C=O) groups is 1. The van der Waals surface area contributed by atoms with Gasteiger partial charge >= 0.3 is 5.97 Å². The molecular formula is C13H22O3S. The Kier molecular flexibility index (Phi) is 4.74. The van der Waals surface area contributed by atoms with Gasteiger partial charge in [0.15, 0.2) is 0 Å². The highest BCUT2D eigenvalue weighted by Gasteiger charge is 2.35. The molecule has 2 rings (SSSR count). The van der Waals surface area contributed by atoms with Gasteiger partial charge in [0, 0.05) is 23.7 Å². The van der Waals surface area contributed by atoms with Crippen molar-refractivity contribution >= 4 is 17.7 Å². The minimum Gasteiger partial charge on any atom is -0.481 e. The molecule has 1 aliphatic heterocycles. The Bertz CT molecular complexity index is 263. The second kappa shape index (κ2) is 6.10. The average Bonchev–Trinajstić information content (AvgIpc) is 2.30. The van der Waals surface area contributed by atoms with Gasteiger partial charge in [-0.3, -0.25) is 4.79 Å². The van der Waals surface area contributed by atoms with Crippen molar-refractivity contribution < 1.29 is 14.6 Å². The number of hydrogen-bond acceptors (Lipinski definition) is 3. The molecule has 0 spiro atoms. The van der Waals surface area contributed by atoms with Crippen LogP contribution in [0.3, 0.4) is 0 Å². The van der Waals surface area contributed by atoms with Crippen molar-refractivity contribution in [2.24, 2.45) is 11.8 Å². The van der Waals surface area contributed by atoms with E-state index in [-0.39, 0.29) is 5.92 Å². The van der Waals surface area contributed by atoms with Crippen molar-refractivity contribution in [2.45, 2.75) is 49.5 Å². The lowest BCUT2D eigenvalue weighted by Crippen LogP contribution is -2.34. The summed E-state index contributed by atoms with van der Waals surface area (Å²) in [5.74, 6) is -0.0385. The van der Waals surface area contributed by atoms with E-state index in [9.17, 15) is 9.90 Å². The topological polar surface area (TPSA) is 46.5 Å². The molecular weight excluding hydrogens is 236 g/mol. The highest BCUT2D eigenvalue weighted by atomic mass is 32.2. The lowest BCUT2D eigenvalue weighted by Gasteiger charge is -2.35. The molecule has 0 aromatic rings. The van der Waals surface area contributed by atoms with Crippen molar-refractivity contribution in [1.82, 2.24) is 0 Å². The van der Waals surface area contributed by atoms with Gasteiger partial charge in [-0.05, 0) is 38.0 Å². The molecule has 1 saturated heterocycles. The molecule has 3 atom stereocenters. The monoisotopic (exact) mass is 258 g/mol. The number of rotatable bonds is 3. The van der Waals surface area contributed by atoms with E-state index in [0.29, 0.717) is 16.4 Å². The normalized spacial score (nSPS) is 35.7. The molecule has 98 valence electrons. The molecule has 0 bridgehead atoms. The second-order valence-electron chi connectivity index (χ2n) is 5.35. The Morgan fingerprint density at radius 3 is 2.59 bits per heavy atom. The molecule has 0 aromatic carbocycles. The maximum Gasteiger partial charge on any atom is 0.307 e. The minimum absolute atomic E-state index is 0.126. The van der Waals surface area contributed by atoms with Crippen molar-refractivity contribution in [2.75, 3.05) is 13.2 Å². The second-order valence-corrected chi connectivity index (χ2v) is 6.89. The lowest BCUT2D eigenvalue weighted by atomic mass is 9.82. The summed E-state index contributed by atoms with van der Waals surface area (Å²) in [7, 11) is 0. The maximum absolute atomic E-state index is 11.3. The summed E-state index contributed by atoms with van der Waals surface area (Å²) >= 11 is 1.92. The molecule has 2 aliphatic rings. The Balaban J connectivity index is 1.92. The predicted molar refractivity (Wildman–Crippen MR) is 69.4 cm³/mol. The number of hydrogen-bond donors (Lipinski definition) is 1. The van der Waals surface area contributed by atoms with Gasteiger partial charge in [-0.1, -0.05) is 6.92 Å². The van der Waals surface area contributed by atoms with Gasteiger partial charge in [-0.15, -0.1) is 0 Å². The number of carboxylic acid groups (broad SMARTS) is 1. The van der Waals surface area contributed by atoms with Gasteiger partial charge in [-0.2, -0.15) is 11.8 Å². The van der Waals surface area contributed by atoms with E-state index >= 15 is 0 Å². The molecule has 1 saturated carbocycles. The summed E-state index contributed by atoms with van der Waals surface area (Å²) in [4.78, 5) is 11.3. The molecule has 17 heavy (non-hydrogen) atoms. The molecule has 1 heterocycles. The summed E-state index contributed by atoms with van der Waals surface area (Å²) < 4.78 is 5.35. The van der Waals surface area contributed by atoms with Crippen LogP contribution in [0.1, 0.15) is 39.0 Å². The molecule has 2 fully saturated rings. The molecule has 3 unspecified atom stereocenters. The van der Waals surface area contributed by atoms with Gasteiger partial charge < -0.3 is 9.84 Å². The van der Waals surface area contributed by atoms with Crippen LogP contribution in [0.4, 0.5) is 0 Å². The zero-order valence-corrected chi connectivity index (χ0v) is 11.2. The Labute approximate surface area is 107 Å². The average molecular weight is 258 g/mol. The molecule has 0 amide bonds. The molecule has 1 aliphatic carbocycles. The smallest absolute Gasteiger partial charge is 0.307 e. The summed E-state index contributed by atoms with van der Waals surface area (Å²) in [5, 5.41) is 10.2. The van der Waals surface area contributed by atoms with Crippen LogP contribution in [0.25, 0.3) is 0 Å². The van der Waals surface area contributed by atoms with Crippen LogP contribution in [-0.4, -0.2) is 34.8 Å². The highest BCUT2D eigenvalue weighted by molar-refractivity contribution is 8.00. The molecule has 4 heteroatoms. The van der Waals surface area contributed by atoms with Crippen LogP contribution in [0.5, 0.6) is 0 Å². The van der Waals surface area contributed by atoms with Crippen LogP contribution in [0.15, 0.2) is 0 Å². The number of carboxylic acids is 1. The predicted octanol–water partition coefficient (Wildman–Crippen LogP) is 2.79. The number of aliphatic carboxylic acids is 1. The number of ether oxygens (including phenoxy) is 1. The Morgan fingerprint density at radius 1 is 1.24 bits per heavy atom. The third kappa shape index (κ3) is 3.62. The zero-order chi connectivity index (χ0) is 12.3. The van der Waals surface area contributed by atoms with Crippen LogP contribution >= 0.6 is 11.8 Å². The lowest BCUT2D eigenvalue weighted by molar-refractivity contribution is -0.142. The zero-order valence-electron chi connectivity index (χ0n) is 10.4. The van der Waals surface area contributed by atoms with E-state index in [1.807, 2.05) is 11.8 Å². The molecule has 0 aromatic heterocycles. The minimum atomic E-state index is -0.596. The van der Waals surface area contributed by atoms with E-state index in [0.717, 1.165) is 45.3 Å². The van der Waals surface area contributed by atoms with Crippen LogP contribution in [-0.2, 0) is 9.53 Å². The molecule has 3 nitrogen and oxygen atoms in total. The van der Waals surface area contributed by atoms with Gasteiger partial charge in [0.25, 0.3) is 0 Å². The van der Waals surface area contributed by atoms with Crippen molar-refractivity contribution in [1.29, 1.82) is 0 Å². The van der Waals surface area contributed by atoms with E-state index in [1.54, 1.807) is 0 Å². The number of thioether (sulfide) groups is 1. The molecule has 1 N–H and O–H groups in total. The Hall–Kier alpha value is -0.220. The first-order valence-corrected chi connectivity index (χ1v) is 7.57. The highest BCUT2D eigenvalue weighted by Crippen LogP contribution is 2.40. The van der Waals surface area contributed by atoms with Gasteiger partial charge in [0.1, 0.15) is 0 Å². The van der Waals surface area contributed by atoms with E-state index < -0.39 is 5.97 Å². The van der Waals surface area contributed by atoms with Crippen LogP contribution in [0, 0.1) is 11.8 Å².